The molecule has 0 saturated carbocycles. The molecule has 0 aromatic heterocycles. The van der Waals surface area contributed by atoms with Crippen molar-refractivity contribution in [3.8, 4) is 5.75 Å². The number of carbonyl (C=O) groups excluding carboxylic acids is 1. The minimum absolute atomic E-state index is 0.114. The molecule has 104 valence electrons. The molecule has 5 nitrogen and oxygen atoms in total. The number of rotatable bonds is 4. The number of alkyl halides is 1. The number of ether oxygens (including phenoxy) is 3. The van der Waals surface area contributed by atoms with Crippen molar-refractivity contribution < 1.29 is 24.1 Å². The van der Waals surface area contributed by atoms with Crippen LogP contribution < -0.4 is 4.74 Å². The van der Waals surface area contributed by atoms with Crippen molar-refractivity contribution in [2.45, 2.75) is 23.6 Å². The summed E-state index contributed by atoms with van der Waals surface area (Å²) in [6.45, 7) is 0.129. The van der Waals surface area contributed by atoms with E-state index in [1.54, 1.807) is 31.4 Å². The summed E-state index contributed by atoms with van der Waals surface area (Å²) in [5, 5.41) is 9.38. The molecule has 1 fully saturated rings. The van der Waals surface area contributed by atoms with Crippen LogP contribution in [0.4, 0.5) is 0 Å². The molecule has 19 heavy (non-hydrogen) atoms. The van der Waals surface area contributed by atoms with Crippen molar-refractivity contribution >= 4 is 21.9 Å². The van der Waals surface area contributed by atoms with Crippen LogP contribution in [0.3, 0.4) is 0 Å². The SMILES string of the molecule is COc1ccc(C(=O)OC[C@@H]2C[C@@H](Br)C(O)O2)cc1. The van der Waals surface area contributed by atoms with Gasteiger partial charge in [-0.15, -0.1) is 0 Å². The zero-order chi connectivity index (χ0) is 13.8. The van der Waals surface area contributed by atoms with E-state index in [2.05, 4.69) is 15.9 Å². The summed E-state index contributed by atoms with van der Waals surface area (Å²) in [5.41, 5.74) is 0.453. The molecule has 1 heterocycles. The van der Waals surface area contributed by atoms with E-state index in [4.69, 9.17) is 14.2 Å². The highest BCUT2D eigenvalue weighted by atomic mass is 79.9. The highest BCUT2D eigenvalue weighted by molar-refractivity contribution is 9.09. The number of hydrogen-bond donors (Lipinski definition) is 1. The van der Waals surface area contributed by atoms with E-state index in [9.17, 15) is 9.90 Å². The van der Waals surface area contributed by atoms with Gasteiger partial charge >= 0.3 is 5.97 Å². The van der Waals surface area contributed by atoms with Gasteiger partial charge in [-0.05, 0) is 30.7 Å². The molecule has 0 bridgehead atoms. The Morgan fingerprint density at radius 2 is 2.16 bits per heavy atom. The summed E-state index contributed by atoms with van der Waals surface area (Å²) in [4.78, 5) is 11.7. The number of esters is 1. The second-order valence-electron chi connectivity index (χ2n) is 4.23. The molecule has 0 aliphatic carbocycles. The van der Waals surface area contributed by atoms with Gasteiger partial charge in [-0.1, -0.05) is 15.9 Å². The van der Waals surface area contributed by atoms with Crippen LogP contribution in [-0.2, 0) is 9.47 Å². The molecule has 0 spiro atoms. The van der Waals surface area contributed by atoms with E-state index in [1.165, 1.54) is 0 Å². The third-order valence-electron chi connectivity index (χ3n) is 2.86. The van der Waals surface area contributed by atoms with Gasteiger partial charge in [0, 0.05) is 0 Å². The van der Waals surface area contributed by atoms with E-state index in [-0.39, 0.29) is 17.5 Å². The molecule has 1 aliphatic heterocycles. The topological polar surface area (TPSA) is 65.0 Å². The number of aliphatic hydroxyl groups excluding tert-OH is 1. The smallest absolute Gasteiger partial charge is 0.338 e. The van der Waals surface area contributed by atoms with Gasteiger partial charge in [0.25, 0.3) is 0 Å². The van der Waals surface area contributed by atoms with E-state index in [0.717, 1.165) is 0 Å². The molecule has 1 aliphatic rings. The third kappa shape index (κ3) is 3.68. The van der Waals surface area contributed by atoms with Crippen LogP contribution >= 0.6 is 15.9 Å². The highest BCUT2D eigenvalue weighted by Crippen LogP contribution is 2.25. The maximum atomic E-state index is 11.8. The Kier molecular flexibility index (Phi) is 4.79. The van der Waals surface area contributed by atoms with Crippen molar-refractivity contribution in [1.29, 1.82) is 0 Å². The number of halogens is 1. The first-order valence-corrected chi connectivity index (χ1v) is 6.80. The predicted octanol–water partition coefficient (Wildman–Crippen LogP) is 1.72. The molecule has 1 aromatic rings. The van der Waals surface area contributed by atoms with Crippen LogP contribution in [0.1, 0.15) is 16.8 Å². The van der Waals surface area contributed by atoms with Crippen molar-refractivity contribution in [2.24, 2.45) is 0 Å². The van der Waals surface area contributed by atoms with Gasteiger partial charge in [0.15, 0.2) is 6.29 Å². The average Bonchev–Trinajstić information content (AvgIpc) is 2.75. The number of hydrogen-bond acceptors (Lipinski definition) is 5. The van der Waals surface area contributed by atoms with Gasteiger partial charge in [-0.3, -0.25) is 0 Å². The first-order chi connectivity index (χ1) is 9.10. The second kappa shape index (κ2) is 6.36. The lowest BCUT2D eigenvalue weighted by atomic mass is 10.2. The van der Waals surface area contributed by atoms with Crippen molar-refractivity contribution in [3.63, 3.8) is 0 Å². The molecule has 0 radical (unpaired) electrons. The van der Waals surface area contributed by atoms with Crippen LogP contribution in [0.25, 0.3) is 0 Å². The van der Waals surface area contributed by atoms with Gasteiger partial charge in [0.1, 0.15) is 12.4 Å². The molecule has 1 unspecified atom stereocenters. The van der Waals surface area contributed by atoms with E-state index in [1.807, 2.05) is 0 Å². The van der Waals surface area contributed by atoms with Crippen molar-refractivity contribution in [2.75, 3.05) is 13.7 Å². The van der Waals surface area contributed by atoms with Crippen LogP contribution in [0.15, 0.2) is 24.3 Å². The quantitative estimate of drug-likeness (QED) is 0.672. The Morgan fingerprint density at radius 1 is 1.47 bits per heavy atom. The van der Waals surface area contributed by atoms with E-state index >= 15 is 0 Å². The van der Waals surface area contributed by atoms with E-state index in [0.29, 0.717) is 17.7 Å². The monoisotopic (exact) mass is 330 g/mol. The zero-order valence-corrected chi connectivity index (χ0v) is 12.0. The Morgan fingerprint density at radius 3 is 2.68 bits per heavy atom. The summed E-state index contributed by atoms with van der Waals surface area (Å²) in [5.74, 6) is 0.264. The fraction of sp³-hybridized carbons (Fsp3) is 0.462. The van der Waals surface area contributed by atoms with Gasteiger partial charge in [-0.25, -0.2) is 4.79 Å². The zero-order valence-electron chi connectivity index (χ0n) is 10.4. The lowest BCUT2D eigenvalue weighted by molar-refractivity contribution is -0.100. The predicted molar refractivity (Wildman–Crippen MR) is 71.5 cm³/mol. The third-order valence-corrected chi connectivity index (χ3v) is 3.68. The van der Waals surface area contributed by atoms with Crippen LogP contribution in [-0.4, -0.2) is 42.0 Å². The summed E-state index contributed by atoms with van der Waals surface area (Å²) in [6.07, 6.45) is -0.511. The summed E-state index contributed by atoms with van der Waals surface area (Å²) >= 11 is 3.28. The number of carbonyl (C=O) groups is 1. The molecule has 1 N–H and O–H groups in total. The largest absolute Gasteiger partial charge is 0.497 e. The first kappa shape index (κ1) is 14.3. The van der Waals surface area contributed by atoms with Gasteiger partial charge in [0.05, 0.1) is 23.6 Å². The second-order valence-corrected chi connectivity index (χ2v) is 5.40. The first-order valence-electron chi connectivity index (χ1n) is 5.89. The fourth-order valence-electron chi connectivity index (χ4n) is 1.79. The number of methoxy groups -OCH3 is 1. The Balaban J connectivity index is 1.84. The molecule has 0 amide bonds. The molecule has 1 saturated heterocycles. The fourth-order valence-corrected chi connectivity index (χ4v) is 2.33. The maximum Gasteiger partial charge on any atom is 0.338 e. The van der Waals surface area contributed by atoms with Crippen molar-refractivity contribution in [1.82, 2.24) is 0 Å². The minimum atomic E-state index is -0.843. The van der Waals surface area contributed by atoms with Gasteiger partial charge in [-0.2, -0.15) is 0 Å². The molecule has 3 atom stereocenters. The van der Waals surface area contributed by atoms with Crippen LogP contribution in [0.5, 0.6) is 5.75 Å². The molecule has 6 heteroatoms. The normalized spacial score (nSPS) is 26.2. The Labute approximate surface area is 119 Å². The summed E-state index contributed by atoms with van der Waals surface area (Å²) in [6, 6.07) is 6.67. The Bertz CT molecular complexity index is 423. The highest BCUT2D eigenvalue weighted by Gasteiger charge is 2.32. The lowest BCUT2D eigenvalue weighted by Crippen LogP contribution is -2.19. The molecule has 1 aromatic carbocycles. The average molecular weight is 331 g/mol. The summed E-state index contributed by atoms with van der Waals surface area (Å²) in [7, 11) is 1.56. The Hall–Kier alpha value is -1.11. The lowest BCUT2D eigenvalue weighted by Gasteiger charge is -2.11. The molecular formula is C13H15BrO5. The standard InChI is InChI=1S/C13H15BrO5/c1-17-9-4-2-8(3-5-9)12(15)18-7-10-6-11(14)13(16)19-10/h2-5,10-11,13,16H,6-7H2,1H3/t10-,11+,13?/m0/s1. The number of benzene rings is 1. The van der Waals surface area contributed by atoms with E-state index < -0.39 is 12.3 Å². The van der Waals surface area contributed by atoms with Gasteiger partial charge < -0.3 is 19.3 Å². The summed E-state index contributed by atoms with van der Waals surface area (Å²) < 4.78 is 15.4. The van der Waals surface area contributed by atoms with Crippen LogP contribution in [0.2, 0.25) is 0 Å². The van der Waals surface area contributed by atoms with Crippen molar-refractivity contribution in [3.05, 3.63) is 29.8 Å². The molecule has 2 rings (SSSR count). The maximum absolute atomic E-state index is 11.8. The van der Waals surface area contributed by atoms with Gasteiger partial charge in [0.2, 0.25) is 0 Å². The minimum Gasteiger partial charge on any atom is -0.497 e. The van der Waals surface area contributed by atoms with Crippen LogP contribution in [0, 0.1) is 0 Å². The number of aliphatic hydroxyl groups is 1. The molecular weight excluding hydrogens is 316 g/mol.